The largest absolute Gasteiger partial charge is 2.00 e. The van der Waals surface area contributed by atoms with E-state index in [1.165, 1.54) is 0 Å². The first-order chi connectivity index (χ1) is 9.67. The van der Waals surface area contributed by atoms with E-state index in [0.717, 1.165) is 24.6 Å². The Balaban J connectivity index is -0.000000333. The summed E-state index contributed by atoms with van der Waals surface area (Å²) in [5.74, 6) is 2.71. The van der Waals surface area contributed by atoms with Crippen molar-refractivity contribution in [2.24, 2.45) is 23.7 Å². The Morgan fingerprint density at radius 1 is 0.565 bits per heavy atom. The number of rotatable bonds is 8. The van der Waals surface area contributed by atoms with E-state index in [2.05, 4.69) is 55.4 Å². The minimum absolute atomic E-state index is 0. The zero-order chi connectivity index (χ0) is 18.1. The van der Waals surface area contributed by atoms with Gasteiger partial charge in [0.25, 0.3) is 0 Å². The predicted octanol–water partition coefficient (Wildman–Crippen LogP) is 6.48. The third-order valence-corrected chi connectivity index (χ3v) is 11.3. The van der Waals surface area contributed by atoms with Crippen LogP contribution in [0.25, 0.3) is 0 Å². The van der Waals surface area contributed by atoms with Crippen molar-refractivity contribution in [3.63, 3.8) is 0 Å². The van der Waals surface area contributed by atoms with E-state index in [1.54, 1.807) is 0 Å². The Bertz CT molecular complexity index is 318. The first-order valence-corrected chi connectivity index (χ1v) is 16.6. The summed E-state index contributed by atoms with van der Waals surface area (Å²) in [4.78, 5) is 0. The molecule has 0 amide bonds. The Morgan fingerprint density at radius 2 is 0.696 bits per heavy atom. The van der Waals surface area contributed by atoms with Gasteiger partial charge in [-0.25, -0.2) is 0 Å². The fraction of sp³-hybridized carbons (Fsp3) is 1.00. The van der Waals surface area contributed by atoms with Gasteiger partial charge in [0.1, 0.15) is 0 Å². The normalized spacial score (nSPS) is 12.4. The monoisotopic (exact) mass is 532 g/mol. The maximum Gasteiger partial charge on any atom is 2.00 e. The molecule has 0 nitrogen and oxygen atoms in total. The average Bonchev–Trinajstić information content (AvgIpc) is 2.06. The van der Waals surface area contributed by atoms with Gasteiger partial charge in [-0.3, -0.25) is 0 Å². The second-order valence-electron chi connectivity index (χ2n) is 7.93. The summed E-state index contributed by atoms with van der Waals surface area (Å²) < 4.78 is 0. The van der Waals surface area contributed by atoms with Gasteiger partial charge in [0.15, 0.2) is 0 Å². The van der Waals surface area contributed by atoms with Crippen LogP contribution in [0.3, 0.4) is 0 Å². The fourth-order valence-corrected chi connectivity index (χ4v) is 14.3. The molecule has 0 aliphatic rings. The van der Waals surface area contributed by atoms with Crippen LogP contribution >= 0.6 is 10.5 Å². The Morgan fingerprint density at radius 3 is 0.783 bits per heavy atom. The van der Waals surface area contributed by atoms with Crippen molar-refractivity contribution in [1.29, 1.82) is 0 Å². The van der Waals surface area contributed by atoms with Crippen LogP contribution in [0.15, 0.2) is 0 Å². The molecular weight excluding hydrogens is 495 g/mol. The van der Waals surface area contributed by atoms with Crippen LogP contribution in [0.4, 0.5) is 0 Å². The summed E-state index contributed by atoms with van der Waals surface area (Å²) in [5.41, 5.74) is 0. The molecule has 0 bridgehead atoms. The first-order valence-electron chi connectivity index (χ1n) is 8.25. The Kier molecular flexibility index (Phi) is 19.9. The third kappa shape index (κ3) is 24.9. The molecule has 0 saturated carbocycles. The van der Waals surface area contributed by atoms with Crippen LogP contribution in [0.5, 0.6) is 0 Å². The van der Waals surface area contributed by atoms with Crippen molar-refractivity contribution < 1.29 is 27.3 Å². The van der Waals surface area contributed by atoms with E-state index >= 15 is 0 Å². The van der Waals surface area contributed by atoms with Gasteiger partial charge in [0, 0.05) is 0 Å². The maximum absolute atomic E-state index is 5.42. The summed E-state index contributed by atoms with van der Waals surface area (Å²) >= 11 is 21.7. The van der Waals surface area contributed by atoms with E-state index in [0.29, 0.717) is 23.7 Å². The Labute approximate surface area is 188 Å². The van der Waals surface area contributed by atoms with Crippen LogP contribution in [0.1, 0.15) is 55.4 Å². The third-order valence-electron chi connectivity index (χ3n) is 2.57. The minimum atomic E-state index is -1.39. The SMILES string of the molecule is CC(C)CP(=S)([S-])CC(C)C.CC(C)CP(=S)([S-])CC(C)C.[Cd+2]. The van der Waals surface area contributed by atoms with Gasteiger partial charge >= 0.3 is 27.3 Å². The molecule has 0 aliphatic heterocycles. The fourth-order valence-electron chi connectivity index (χ4n) is 2.37. The molecule has 0 aromatic heterocycles. The predicted molar refractivity (Wildman–Crippen MR) is 122 cm³/mol. The van der Waals surface area contributed by atoms with Crippen molar-refractivity contribution in [3.05, 3.63) is 0 Å². The molecule has 0 rings (SSSR count). The van der Waals surface area contributed by atoms with E-state index in [4.69, 9.17) is 48.1 Å². The molecule has 0 atom stereocenters. The molecule has 136 valence electrons. The molecule has 7 heteroatoms. The smallest absolute Gasteiger partial charge is 0.746 e. The molecule has 0 aromatic carbocycles. The van der Waals surface area contributed by atoms with E-state index in [-0.39, 0.29) is 27.3 Å². The van der Waals surface area contributed by atoms with Gasteiger partial charge < -0.3 is 24.5 Å². The second-order valence-corrected chi connectivity index (χ2v) is 22.4. The molecule has 0 aromatic rings. The molecule has 0 spiro atoms. The zero-order valence-corrected chi connectivity index (χ0v) is 25.5. The van der Waals surface area contributed by atoms with Crippen LogP contribution in [0, 0.1) is 23.7 Å². The molecule has 0 saturated heterocycles. The van der Waals surface area contributed by atoms with E-state index < -0.39 is 10.5 Å². The molecule has 0 N–H and O–H groups in total. The maximum atomic E-state index is 5.42. The van der Waals surface area contributed by atoms with E-state index in [9.17, 15) is 0 Å². The van der Waals surface area contributed by atoms with Gasteiger partial charge in [-0.1, -0.05) is 55.4 Å². The van der Waals surface area contributed by atoms with Crippen LogP contribution in [0.2, 0.25) is 0 Å². The molecular formula is C16H36CdP2S4. The second kappa shape index (κ2) is 14.9. The van der Waals surface area contributed by atoms with E-state index in [1.807, 2.05) is 0 Å². The van der Waals surface area contributed by atoms with Gasteiger partial charge in [-0.2, -0.15) is 10.5 Å². The van der Waals surface area contributed by atoms with Crippen LogP contribution in [-0.2, 0) is 75.4 Å². The zero-order valence-electron chi connectivity index (χ0n) is 16.4. The number of hydrogen-bond acceptors (Lipinski definition) is 4. The summed E-state index contributed by atoms with van der Waals surface area (Å²) in [6.45, 7) is 17.6. The van der Waals surface area contributed by atoms with Crippen molar-refractivity contribution in [1.82, 2.24) is 0 Å². The summed E-state index contributed by atoms with van der Waals surface area (Å²) in [7, 11) is 0. The van der Waals surface area contributed by atoms with Crippen molar-refractivity contribution in [3.8, 4) is 0 Å². The number of hydrogen-bond donors (Lipinski definition) is 0. The Hall–Kier alpha value is 2.92. The van der Waals surface area contributed by atoms with Crippen LogP contribution < -0.4 is 0 Å². The molecule has 0 aliphatic carbocycles. The van der Waals surface area contributed by atoms with Gasteiger partial charge in [0.05, 0.1) is 0 Å². The molecule has 0 fully saturated rings. The average molecular weight is 531 g/mol. The van der Waals surface area contributed by atoms with Crippen molar-refractivity contribution in [2.45, 2.75) is 55.4 Å². The van der Waals surface area contributed by atoms with Crippen molar-refractivity contribution >= 4 is 58.6 Å². The molecule has 23 heavy (non-hydrogen) atoms. The summed E-state index contributed by atoms with van der Waals surface area (Å²) in [6.07, 6.45) is 4.37. The summed E-state index contributed by atoms with van der Waals surface area (Å²) in [6, 6.07) is 0. The minimum Gasteiger partial charge on any atom is -0.746 e. The molecule has 0 unspecified atom stereocenters. The van der Waals surface area contributed by atoms with Gasteiger partial charge in [0.2, 0.25) is 0 Å². The van der Waals surface area contributed by atoms with Crippen LogP contribution in [-0.4, -0.2) is 24.6 Å². The quantitative estimate of drug-likeness (QED) is 0.200. The molecule has 0 heterocycles. The van der Waals surface area contributed by atoms with Gasteiger partial charge in [-0.05, 0) is 48.3 Å². The summed E-state index contributed by atoms with van der Waals surface area (Å²) in [5, 5.41) is -2.78. The topological polar surface area (TPSA) is 0 Å². The molecule has 0 radical (unpaired) electrons. The van der Waals surface area contributed by atoms with Crippen molar-refractivity contribution in [2.75, 3.05) is 24.6 Å². The standard InChI is InChI=1S/2C8H19PS2.Cd/c2*1-7(2)5-9(10,11)6-8(3)4;/h2*7-8H,5-6H2,1-4H3,(H,10,11);/q;;+2/p-2. The van der Waals surface area contributed by atoms with Gasteiger partial charge in [-0.15, -0.1) is 23.6 Å². The first kappa shape index (κ1) is 30.6.